The molecule has 3 aliphatic rings. The lowest BCUT2D eigenvalue weighted by molar-refractivity contribution is -0.112. The Morgan fingerprint density at radius 3 is 2.57 bits per heavy atom. The largest absolute Gasteiger partial charge is 0.487 e. The van der Waals surface area contributed by atoms with Gasteiger partial charge in [0.2, 0.25) is 5.75 Å². The van der Waals surface area contributed by atoms with Crippen LogP contribution in [-0.4, -0.2) is 66.1 Å². The zero-order chi connectivity index (χ0) is 24.6. The van der Waals surface area contributed by atoms with Crippen molar-refractivity contribution in [3.05, 3.63) is 41.0 Å². The summed E-state index contributed by atoms with van der Waals surface area (Å²) in [5.74, 6) is 0.803. The Morgan fingerprint density at radius 1 is 1.23 bits per heavy atom. The van der Waals surface area contributed by atoms with Crippen LogP contribution in [0.1, 0.15) is 19.8 Å². The van der Waals surface area contributed by atoms with E-state index in [4.69, 9.17) is 41.9 Å². The van der Waals surface area contributed by atoms with Crippen molar-refractivity contribution in [1.29, 1.82) is 0 Å². The summed E-state index contributed by atoms with van der Waals surface area (Å²) in [5, 5.41) is 0.271. The van der Waals surface area contributed by atoms with Crippen molar-refractivity contribution in [1.82, 2.24) is 14.9 Å². The number of amides is 1. The summed E-state index contributed by atoms with van der Waals surface area (Å²) in [6, 6.07) is 4.71. The summed E-state index contributed by atoms with van der Waals surface area (Å²) in [6.07, 6.45) is 2.62. The van der Waals surface area contributed by atoms with E-state index in [-0.39, 0.29) is 52.2 Å². The molecule has 11 heteroatoms. The average Bonchev–Trinajstić information content (AvgIpc) is 3.56. The maximum Gasteiger partial charge on any atom is 0.410 e. The van der Waals surface area contributed by atoms with Crippen molar-refractivity contribution < 1.29 is 28.5 Å². The molecule has 1 amide bonds. The fourth-order valence-corrected chi connectivity index (χ4v) is 4.56. The molecule has 35 heavy (non-hydrogen) atoms. The SMILES string of the molecule is [C-]#[N+]c1ccc(Oc2ncnc(OC3C4COCC3CN(C(=O)OC3(C)CC3)C4)c2OC)c(Cl)c1. The molecule has 2 aliphatic heterocycles. The number of benzene rings is 1. The zero-order valence-corrected chi connectivity index (χ0v) is 20.2. The molecule has 2 saturated heterocycles. The molecule has 0 spiro atoms. The Bertz CT molecular complexity index is 1150. The average molecular weight is 501 g/mol. The van der Waals surface area contributed by atoms with Gasteiger partial charge in [0.05, 0.1) is 31.9 Å². The third kappa shape index (κ3) is 4.92. The normalized spacial score (nSPS) is 24.2. The lowest BCUT2D eigenvalue weighted by Gasteiger charge is -2.46. The second kappa shape index (κ2) is 9.40. The quantitative estimate of drug-likeness (QED) is 0.535. The van der Waals surface area contributed by atoms with Crippen LogP contribution in [0.15, 0.2) is 24.5 Å². The van der Waals surface area contributed by atoms with Gasteiger partial charge in [0.1, 0.15) is 23.8 Å². The molecule has 184 valence electrons. The fraction of sp³-hybridized carbons (Fsp3) is 0.500. The van der Waals surface area contributed by atoms with Crippen LogP contribution < -0.4 is 14.2 Å². The molecule has 0 radical (unpaired) electrons. The van der Waals surface area contributed by atoms with Crippen molar-refractivity contribution in [3.63, 3.8) is 0 Å². The van der Waals surface area contributed by atoms with Gasteiger partial charge in [-0.05, 0) is 31.9 Å². The van der Waals surface area contributed by atoms with Crippen LogP contribution in [0, 0.1) is 18.4 Å². The van der Waals surface area contributed by atoms with E-state index in [1.54, 1.807) is 17.0 Å². The number of piperidine rings is 1. The van der Waals surface area contributed by atoms with Gasteiger partial charge < -0.3 is 28.6 Å². The molecule has 3 heterocycles. The summed E-state index contributed by atoms with van der Waals surface area (Å²) < 4.78 is 29.2. The Balaban J connectivity index is 1.33. The molecule has 10 nitrogen and oxygen atoms in total. The van der Waals surface area contributed by atoms with Crippen LogP contribution in [0.5, 0.6) is 23.3 Å². The van der Waals surface area contributed by atoms with Crippen LogP contribution in [0.4, 0.5) is 10.5 Å². The second-order valence-electron chi connectivity index (χ2n) is 9.21. The molecule has 2 unspecified atom stereocenters. The Morgan fingerprint density at radius 2 is 1.94 bits per heavy atom. The van der Waals surface area contributed by atoms with Gasteiger partial charge in [-0.3, -0.25) is 0 Å². The van der Waals surface area contributed by atoms with Crippen LogP contribution in [-0.2, 0) is 9.47 Å². The summed E-state index contributed by atoms with van der Waals surface area (Å²) in [6.45, 7) is 10.9. The smallest absolute Gasteiger partial charge is 0.410 e. The molecular weight excluding hydrogens is 476 g/mol. The summed E-state index contributed by atoms with van der Waals surface area (Å²) >= 11 is 6.26. The molecule has 2 atom stereocenters. The van der Waals surface area contributed by atoms with Gasteiger partial charge >= 0.3 is 6.09 Å². The number of fused-ring (bicyclic) bond motifs is 2. The number of halogens is 1. The number of likely N-dealkylation sites (tertiary alicyclic amines) is 1. The molecule has 2 aromatic rings. The maximum absolute atomic E-state index is 12.7. The maximum atomic E-state index is 12.7. The summed E-state index contributed by atoms with van der Waals surface area (Å²) in [4.78, 5) is 26.2. The molecule has 5 rings (SSSR count). The van der Waals surface area contributed by atoms with Crippen LogP contribution in [0.25, 0.3) is 4.85 Å². The Labute approximate surface area is 207 Å². The van der Waals surface area contributed by atoms with Crippen molar-refractivity contribution in [2.45, 2.75) is 31.5 Å². The molecule has 0 N–H and O–H groups in total. The van der Waals surface area contributed by atoms with Crippen molar-refractivity contribution in [2.24, 2.45) is 11.8 Å². The highest BCUT2D eigenvalue weighted by molar-refractivity contribution is 6.32. The lowest BCUT2D eigenvalue weighted by Crippen LogP contribution is -2.59. The minimum Gasteiger partial charge on any atom is -0.487 e. The predicted molar refractivity (Wildman–Crippen MR) is 124 cm³/mol. The van der Waals surface area contributed by atoms with Crippen LogP contribution in [0.3, 0.4) is 0 Å². The first-order valence-electron chi connectivity index (χ1n) is 11.4. The molecule has 1 saturated carbocycles. The molecule has 2 bridgehead atoms. The van der Waals surface area contributed by atoms with Crippen LogP contribution in [0.2, 0.25) is 5.02 Å². The van der Waals surface area contributed by atoms with Gasteiger partial charge in [0.15, 0.2) is 5.69 Å². The third-order valence-electron chi connectivity index (χ3n) is 6.49. The van der Waals surface area contributed by atoms with E-state index in [1.165, 1.54) is 19.5 Å². The zero-order valence-electron chi connectivity index (χ0n) is 19.4. The van der Waals surface area contributed by atoms with Crippen molar-refractivity contribution in [3.8, 4) is 23.3 Å². The Hall–Kier alpha value is -3.29. The van der Waals surface area contributed by atoms with Crippen LogP contribution >= 0.6 is 11.6 Å². The summed E-state index contributed by atoms with van der Waals surface area (Å²) in [7, 11) is 1.48. The van der Waals surface area contributed by atoms with E-state index >= 15 is 0 Å². The van der Waals surface area contributed by atoms with Gasteiger partial charge in [-0.1, -0.05) is 17.7 Å². The van der Waals surface area contributed by atoms with E-state index in [0.29, 0.717) is 37.7 Å². The number of carbonyl (C=O) groups is 1. The second-order valence-corrected chi connectivity index (χ2v) is 9.62. The molecule has 1 aromatic carbocycles. The number of aromatic nitrogens is 2. The molecule has 1 aromatic heterocycles. The fourth-order valence-electron chi connectivity index (χ4n) is 4.34. The third-order valence-corrected chi connectivity index (χ3v) is 6.79. The highest BCUT2D eigenvalue weighted by Crippen LogP contribution is 2.42. The number of nitrogens with zero attached hydrogens (tertiary/aromatic N) is 4. The van der Waals surface area contributed by atoms with Gasteiger partial charge in [0, 0.05) is 24.9 Å². The number of ether oxygens (including phenoxy) is 5. The number of methoxy groups -OCH3 is 1. The lowest BCUT2D eigenvalue weighted by atomic mass is 9.84. The first kappa shape index (κ1) is 23.5. The van der Waals surface area contributed by atoms with Crippen molar-refractivity contribution in [2.75, 3.05) is 33.4 Å². The number of rotatable bonds is 6. The van der Waals surface area contributed by atoms with E-state index in [9.17, 15) is 4.79 Å². The van der Waals surface area contributed by atoms with E-state index in [0.717, 1.165) is 12.8 Å². The monoisotopic (exact) mass is 500 g/mol. The van der Waals surface area contributed by atoms with E-state index in [2.05, 4.69) is 14.8 Å². The van der Waals surface area contributed by atoms with Crippen molar-refractivity contribution >= 4 is 23.4 Å². The van der Waals surface area contributed by atoms with E-state index < -0.39 is 0 Å². The highest BCUT2D eigenvalue weighted by Gasteiger charge is 2.47. The Kier molecular flexibility index (Phi) is 6.30. The highest BCUT2D eigenvalue weighted by atomic mass is 35.5. The van der Waals surface area contributed by atoms with Gasteiger partial charge in [-0.25, -0.2) is 9.64 Å². The van der Waals surface area contributed by atoms with Gasteiger partial charge in [-0.2, -0.15) is 9.97 Å². The number of hydrogen-bond donors (Lipinski definition) is 0. The molecular formula is C24H25ClN4O6. The number of hydrogen-bond acceptors (Lipinski definition) is 8. The first-order valence-corrected chi connectivity index (χ1v) is 11.7. The van der Waals surface area contributed by atoms with Gasteiger partial charge in [-0.15, -0.1) is 0 Å². The predicted octanol–water partition coefficient (Wildman–Crippen LogP) is 4.50. The van der Waals surface area contributed by atoms with Gasteiger partial charge in [0.25, 0.3) is 11.8 Å². The molecule has 1 aliphatic carbocycles. The molecule has 3 fully saturated rings. The first-order chi connectivity index (χ1) is 16.9. The minimum absolute atomic E-state index is 0.0540. The minimum atomic E-state index is -0.319. The van der Waals surface area contributed by atoms with E-state index in [1.807, 2.05) is 6.92 Å². The number of carbonyl (C=O) groups excluding carboxylic acids is 1. The summed E-state index contributed by atoms with van der Waals surface area (Å²) in [5.41, 5.74) is 0.0798. The topological polar surface area (TPSA) is 96.6 Å². The standard InChI is InChI=1S/C24H25ClN4O6/c1-24(6-7-24)35-23(30)29-9-14-11-32-12-15(10-29)19(14)34-22-20(31-3)21(27-13-28-22)33-18-5-4-16(26-2)8-17(18)25/h4-5,8,13-15,19H,6-7,9-12H2,1,3H3.